The Labute approximate surface area is 110 Å². The lowest BCUT2D eigenvalue weighted by molar-refractivity contribution is -0.116. The predicted octanol–water partition coefficient (Wildman–Crippen LogP) is 1.54. The SMILES string of the molecule is CCCCN(CC(N)=O)c1snc(N)c1SC. The lowest BCUT2D eigenvalue weighted by Gasteiger charge is -2.21. The first-order valence-electron chi connectivity index (χ1n) is 5.42. The van der Waals surface area contributed by atoms with Crippen LogP contribution in [0.25, 0.3) is 0 Å². The van der Waals surface area contributed by atoms with Gasteiger partial charge in [-0.25, -0.2) is 0 Å². The molecule has 17 heavy (non-hydrogen) atoms. The Morgan fingerprint density at radius 3 is 2.82 bits per heavy atom. The van der Waals surface area contributed by atoms with E-state index in [2.05, 4.69) is 11.3 Å². The van der Waals surface area contributed by atoms with Crippen LogP contribution in [-0.4, -0.2) is 29.6 Å². The van der Waals surface area contributed by atoms with Crippen LogP contribution in [0, 0.1) is 0 Å². The Hall–Kier alpha value is -0.950. The number of amides is 1. The van der Waals surface area contributed by atoms with Gasteiger partial charge in [0.1, 0.15) is 5.00 Å². The van der Waals surface area contributed by atoms with Crippen LogP contribution < -0.4 is 16.4 Å². The van der Waals surface area contributed by atoms with E-state index in [9.17, 15) is 4.79 Å². The number of primary amides is 1. The molecule has 5 nitrogen and oxygen atoms in total. The number of carbonyl (C=O) groups excluding carboxylic acids is 1. The van der Waals surface area contributed by atoms with Crippen LogP contribution in [-0.2, 0) is 4.79 Å². The number of nitrogens with two attached hydrogens (primary N) is 2. The quantitative estimate of drug-likeness (QED) is 0.737. The average Bonchev–Trinajstić information content (AvgIpc) is 2.65. The van der Waals surface area contributed by atoms with Crippen molar-refractivity contribution >= 4 is 40.0 Å². The second-order valence-electron chi connectivity index (χ2n) is 3.65. The minimum Gasteiger partial charge on any atom is -0.382 e. The summed E-state index contributed by atoms with van der Waals surface area (Å²) in [4.78, 5) is 14.0. The number of carbonyl (C=O) groups is 1. The first-order valence-corrected chi connectivity index (χ1v) is 7.42. The molecule has 1 heterocycles. The summed E-state index contributed by atoms with van der Waals surface area (Å²) in [7, 11) is 0. The molecule has 0 radical (unpaired) electrons. The summed E-state index contributed by atoms with van der Waals surface area (Å²) in [6, 6.07) is 0. The summed E-state index contributed by atoms with van der Waals surface area (Å²) in [5.41, 5.74) is 11.1. The number of anilines is 2. The molecule has 0 saturated carbocycles. The van der Waals surface area contributed by atoms with E-state index >= 15 is 0 Å². The summed E-state index contributed by atoms with van der Waals surface area (Å²) in [5, 5.41) is 0.947. The van der Waals surface area contributed by atoms with Crippen molar-refractivity contribution in [3.8, 4) is 0 Å². The Kier molecular flexibility index (Phi) is 5.57. The maximum Gasteiger partial charge on any atom is 0.236 e. The van der Waals surface area contributed by atoms with Crippen LogP contribution >= 0.6 is 23.3 Å². The Morgan fingerprint density at radius 2 is 2.29 bits per heavy atom. The van der Waals surface area contributed by atoms with Crippen molar-refractivity contribution in [2.75, 3.05) is 30.0 Å². The molecule has 0 unspecified atom stereocenters. The average molecular weight is 274 g/mol. The molecule has 0 aliphatic rings. The molecule has 96 valence electrons. The summed E-state index contributed by atoms with van der Waals surface area (Å²) < 4.78 is 4.13. The van der Waals surface area contributed by atoms with Gasteiger partial charge >= 0.3 is 0 Å². The van der Waals surface area contributed by atoms with Gasteiger partial charge in [0.2, 0.25) is 5.91 Å². The fourth-order valence-corrected chi connectivity index (χ4v) is 3.18. The molecule has 0 aliphatic carbocycles. The van der Waals surface area contributed by atoms with Gasteiger partial charge in [-0.2, -0.15) is 4.37 Å². The monoisotopic (exact) mass is 274 g/mol. The van der Waals surface area contributed by atoms with Crippen LogP contribution in [0.15, 0.2) is 4.90 Å². The zero-order valence-electron chi connectivity index (χ0n) is 10.1. The van der Waals surface area contributed by atoms with Crippen LogP contribution in [0.2, 0.25) is 0 Å². The number of hydrogen-bond donors (Lipinski definition) is 2. The van der Waals surface area contributed by atoms with Gasteiger partial charge in [0, 0.05) is 6.54 Å². The lowest BCUT2D eigenvalue weighted by atomic mass is 10.3. The fraction of sp³-hybridized carbons (Fsp3) is 0.600. The molecule has 0 saturated heterocycles. The zero-order chi connectivity index (χ0) is 12.8. The molecule has 0 aromatic carbocycles. The predicted molar refractivity (Wildman–Crippen MR) is 74.6 cm³/mol. The van der Waals surface area contributed by atoms with E-state index in [-0.39, 0.29) is 12.5 Å². The molecule has 0 atom stereocenters. The first-order chi connectivity index (χ1) is 8.10. The summed E-state index contributed by atoms with van der Waals surface area (Å²) in [6.45, 7) is 3.13. The highest BCUT2D eigenvalue weighted by atomic mass is 32.2. The number of rotatable bonds is 7. The highest BCUT2D eigenvalue weighted by Crippen LogP contribution is 2.37. The van der Waals surface area contributed by atoms with Crippen molar-refractivity contribution in [3.63, 3.8) is 0 Å². The van der Waals surface area contributed by atoms with Gasteiger partial charge in [-0.15, -0.1) is 11.8 Å². The molecule has 0 spiro atoms. The number of hydrogen-bond acceptors (Lipinski definition) is 6. The smallest absolute Gasteiger partial charge is 0.236 e. The third-order valence-electron chi connectivity index (χ3n) is 2.28. The summed E-state index contributed by atoms with van der Waals surface area (Å²) in [6.07, 6.45) is 4.03. The molecule has 0 aliphatic heterocycles. The van der Waals surface area contributed by atoms with Gasteiger partial charge in [-0.3, -0.25) is 4.79 Å². The molecule has 1 aromatic rings. The normalized spacial score (nSPS) is 10.5. The Balaban J connectivity index is 2.90. The minimum atomic E-state index is -0.333. The lowest BCUT2D eigenvalue weighted by Crippen LogP contribution is -2.34. The van der Waals surface area contributed by atoms with E-state index in [1.165, 1.54) is 11.5 Å². The van der Waals surface area contributed by atoms with Crippen LogP contribution in [0.4, 0.5) is 10.8 Å². The first kappa shape index (κ1) is 14.1. The van der Waals surface area contributed by atoms with Gasteiger partial charge in [0.25, 0.3) is 0 Å². The third-order valence-corrected chi connectivity index (χ3v) is 4.14. The van der Waals surface area contributed by atoms with E-state index in [1.54, 1.807) is 11.8 Å². The van der Waals surface area contributed by atoms with Crippen molar-refractivity contribution in [2.24, 2.45) is 5.73 Å². The molecule has 0 fully saturated rings. The molecular formula is C10H18N4OS2. The maximum atomic E-state index is 11.1. The van der Waals surface area contributed by atoms with Crippen molar-refractivity contribution in [2.45, 2.75) is 24.7 Å². The van der Waals surface area contributed by atoms with E-state index in [0.717, 1.165) is 29.3 Å². The molecule has 0 bridgehead atoms. The van der Waals surface area contributed by atoms with Crippen LogP contribution in [0.3, 0.4) is 0 Å². The largest absolute Gasteiger partial charge is 0.382 e. The second-order valence-corrected chi connectivity index (χ2v) is 5.22. The van der Waals surface area contributed by atoms with Gasteiger partial charge < -0.3 is 16.4 Å². The van der Waals surface area contributed by atoms with Crippen molar-refractivity contribution in [1.82, 2.24) is 4.37 Å². The van der Waals surface area contributed by atoms with Gasteiger partial charge in [0.15, 0.2) is 5.82 Å². The number of nitrogen functional groups attached to an aromatic ring is 1. The van der Waals surface area contributed by atoms with Crippen molar-refractivity contribution in [1.29, 1.82) is 0 Å². The summed E-state index contributed by atoms with van der Waals surface area (Å²) >= 11 is 2.87. The molecule has 1 rings (SSSR count). The van der Waals surface area contributed by atoms with Gasteiger partial charge in [-0.1, -0.05) is 13.3 Å². The standard InChI is InChI=1S/C10H18N4OS2/c1-3-4-5-14(6-7(11)15)10-8(16-2)9(12)13-17-10/h3-6H2,1-2H3,(H2,11,15)(H2,12,13). The second kappa shape index (κ2) is 6.70. The zero-order valence-corrected chi connectivity index (χ0v) is 11.7. The van der Waals surface area contributed by atoms with Crippen molar-refractivity contribution in [3.05, 3.63) is 0 Å². The number of aromatic nitrogens is 1. The van der Waals surface area contributed by atoms with Gasteiger partial charge in [-0.05, 0) is 24.2 Å². The fourth-order valence-electron chi connectivity index (χ4n) is 1.47. The maximum absolute atomic E-state index is 11.1. The van der Waals surface area contributed by atoms with Gasteiger partial charge in [0.05, 0.1) is 11.4 Å². The van der Waals surface area contributed by atoms with E-state index in [1.807, 2.05) is 11.2 Å². The molecule has 1 aromatic heterocycles. The van der Waals surface area contributed by atoms with Crippen LogP contribution in [0.5, 0.6) is 0 Å². The molecular weight excluding hydrogens is 256 g/mol. The summed E-state index contributed by atoms with van der Waals surface area (Å²) in [5.74, 6) is 0.198. The molecule has 4 N–H and O–H groups in total. The van der Waals surface area contributed by atoms with E-state index < -0.39 is 0 Å². The number of nitrogens with zero attached hydrogens (tertiary/aromatic N) is 2. The van der Waals surface area contributed by atoms with Crippen molar-refractivity contribution < 1.29 is 4.79 Å². The Morgan fingerprint density at radius 1 is 1.59 bits per heavy atom. The highest BCUT2D eigenvalue weighted by Gasteiger charge is 2.18. The number of unbranched alkanes of at least 4 members (excludes halogenated alkanes) is 1. The molecule has 1 amide bonds. The molecule has 7 heteroatoms. The van der Waals surface area contributed by atoms with Crippen LogP contribution in [0.1, 0.15) is 19.8 Å². The third kappa shape index (κ3) is 3.78. The van der Waals surface area contributed by atoms with E-state index in [4.69, 9.17) is 11.5 Å². The highest BCUT2D eigenvalue weighted by molar-refractivity contribution is 7.99. The Bertz CT molecular complexity index is 380. The van der Waals surface area contributed by atoms with E-state index in [0.29, 0.717) is 5.82 Å². The topological polar surface area (TPSA) is 85.2 Å². The minimum absolute atomic E-state index is 0.217. The number of thioether (sulfide) groups is 1.